The average Bonchev–Trinajstić information content (AvgIpc) is 2.25. The Morgan fingerprint density at radius 3 is 3.08 bits per heavy atom. The molecule has 12 heavy (non-hydrogen) atoms. The number of carbonyl (C=O) groups is 1. The van der Waals surface area contributed by atoms with Crippen molar-refractivity contribution in [2.75, 3.05) is 0 Å². The van der Waals surface area contributed by atoms with Crippen molar-refractivity contribution in [2.24, 2.45) is 0 Å². The maximum Gasteiger partial charge on any atom is 0.228 e. The Kier molecular flexibility index (Phi) is 1.82. The summed E-state index contributed by atoms with van der Waals surface area (Å²) in [5.41, 5.74) is 2.39. The zero-order valence-electron chi connectivity index (χ0n) is 6.71. The molecule has 1 amide bonds. The molecule has 0 saturated heterocycles. The van der Waals surface area contributed by atoms with E-state index in [9.17, 15) is 4.79 Å². The predicted molar refractivity (Wildman–Crippen MR) is 47.0 cm³/mol. The highest BCUT2D eigenvalue weighted by Gasteiger charge is 2.12. The van der Waals surface area contributed by atoms with E-state index in [4.69, 9.17) is 0 Å². The topological polar surface area (TPSA) is 29.1 Å². The molecule has 0 atom stereocenters. The van der Waals surface area contributed by atoms with Gasteiger partial charge in [0.15, 0.2) is 0 Å². The van der Waals surface area contributed by atoms with Gasteiger partial charge in [-0.05, 0) is 30.1 Å². The summed E-state index contributed by atoms with van der Waals surface area (Å²) in [7, 11) is 0. The minimum absolute atomic E-state index is 0.0720. The van der Waals surface area contributed by atoms with E-state index in [2.05, 4.69) is 11.7 Å². The quantitative estimate of drug-likeness (QED) is 0.571. The second-order valence-corrected chi connectivity index (χ2v) is 2.93. The highest BCUT2D eigenvalue weighted by Crippen LogP contribution is 2.22. The molecule has 2 nitrogen and oxygen atoms in total. The maximum absolute atomic E-state index is 11.1. The van der Waals surface area contributed by atoms with Gasteiger partial charge in [-0.15, -0.1) is 0 Å². The molecule has 0 bridgehead atoms. The minimum atomic E-state index is 0.0720. The third-order valence-corrected chi connectivity index (χ3v) is 2.06. The van der Waals surface area contributed by atoms with Crippen LogP contribution in [-0.2, 0) is 4.79 Å². The van der Waals surface area contributed by atoms with E-state index in [-0.39, 0.29) is 5.91 Å². The summed E-state index contributed by atoms with van der Waals surface area (Å²) in [5.74, 6) is 0.0720. The third kappa shape index (κ3) is 1.33. The lowest BCUT2D eigenvalue weighted by atomic mass is 9.96. The number of carbonyl (C=O) groups excluding carboxylic acids is 1. The molecule has 1 N–H and O–H groups in total. The first-order valence-corrected chi connectivity index (χ1v) is 4.04. The lowest BCUT2D eigenvalue weighted by Gasteiger charge is -2.09. The summed E-state index contributed by atoms with van der Waals surface area (Å²) in [4.78, 5) is 11.1. The lowest BCUT2D eigenvalue weighted by molar-refractivity contribution is -0.119. The van der Waals surface area contributed by atoms with Crippen molar-refractivity contribution in [1.29, 1.82) is 0 Å². The Morgan fingerprint density at radius 1 is 1.25 bits per heavy atom. The van der Waals surface area contributed by atoms with E-state index < -0.39 is 0 Å². The van der Waals surface area contributed by atoms with Crippen molar-refractivity contribution in [3.63, 3.8) is 0 Å². The van der Waals surface area contributed by atoms with Crippen molar-refractivity contribution < 1.29 is 4.79 Å². The van der Waals surface area contributed by atoms with Gasteiger partial charge in [-0.25, -0.2) is 0 Å². The summed E-state index contributed by atoms with van der Waals surface area (Å²) < 4.78 is 0. The largest absolute Gasteiger partial charge is 0.332 e. The van der Waals surface area contributed by atoms with Gasteiger partial charge < -0.3 is 5.32 Å². The van der Waals surface area contributed by atoms with E-state index in [1.54, 1.807) is 6.20 Å². The van der Waals surface area contributed by atoms with Gasteiger partial charge in [0.1, 0.15) is 0 Å². The molecule has 1 radical (unpaired) electrons. The average molecular weight is 160 g/mol. The molecular weight excluding hydrogens is 150 g/mol. The number of amides is 1. The van der Waals surface area contributed by atoms with Crippen LogP contribution in [0.15, 0.2) is 35.6 Å². The SMILES string of the molecule is O=C1CC2=C(C=CN1)C[CH]C=C2. The predicted octanol–water partition coefficient (Wildman–Crippen LogP) is 1.48. The van der Waals surface area contributed by atoms with Crippen LogP contribution in [0.1, 0.15) is 12.8 Å². The van der Waals surface area contributed by atoms with Gasteiger partial charge in [0, 0.05) is 6.20 Å². The molecule has 0 saturated carbocycles. The first-order chi connectivity index (χ1) is 5.86. The van der Waals surface area contributed by atoms with Gasteiger partial charge in [-0.2, -0.15) is 0 Å². The monoisotopic (exact) mass is 160 g/mol. The minimum Gasteiger partial charge on any atom is -0.332 e. The molecule has 2 rings (SSSR count). The zero-order chi connectivity index (χ0) is 8.39. The summed E-state index contributed by atoms with van der Waals surface area (Å²) in [6.07, 6.45) is 11.3. The molecule has 1 aliphatic heterocycles. The van der Waals surface area contributed by atoms with Crippen LogP contribution in [-0.4, -0.2) is 5.91 Å². The number of allylic oxidation sites excluding steroid dienone is 4. The van der Waals surface area contributed by atoms with Crippen LogP contribution in [0, 0.1) is 6.42 Å². The molecule has 0 fully saturated rings. The lowest BCUT2D eigenvalue weighted by Crippen LogP contribution is -2.15. The second-order valence-electron chi connectivity index (χ2n) is 2.93. The number of hydrogen-bond acceptors (Lipinski definition) is 1. The van der Waals surface area contributed by atoms with Gasteiger partial charge in [0.05, 0.1) is 6.42 Å². The van der Waals surface area contributed by atoms with E-state index in [1.807, 2.05) is 18.2 Å². The summed E-state index contributed by atoms with van der Waals surface area (Å²) in [5, 5.41) is 2.69. The summed E-state index contributed by atoms with van der Waals surface area (Å²) in [6.45, 7) is 0. The van der Waals surface area contributed by atoms with E-state index in [1.165, 1.54) is 5.57 Å². The van der Waals surface area contributed by atoms with E-state index in [0.717, 1.165) is 12.0 Å². The zero-order valence-corrected chi connectivity index (χ0v) is 6.71. The van der Waals surface area contributed by atoms with Crippen LogP contribution in [0.25, 0.3) is 0 Å². The fraction of sp³-hybridized carbons (Fsp3) is 0.200. The fourth-order valence-corrected chi connectivity index (χ4v) is 1.42. The molecule has 61 valence electrons. The Balaban J connectivity index is 2.32. The molecule has 1 aliphatic carbocycles. The third-order valence-electron chi connectivity index (χ3n) is 2.06. The Bertz CT molecular complexity index is 297. The van der Waals surface area contributed by atoms with E-state index >= 15 is 0 Å². The molecule has 1 heterocycles. The van der Waals surface area contributed by atoms with Crippen molar-refractivity contribution in [3.8, 4) is 0 Å². The van der Waals surface area contributed by atoms with Crippen molar-refractivity contribution in [1.82, 2.24) is 5.32 Å². The molecular formula is C10H10NO. The smallest absolute Gasteiger partial charge is 0.228 e. The molecule has 0 unspecified atom stereocenters. The Labute approximate surface area is 71.7 Å². The standard InChI is InChI=1S/C10H10NO/c12-10-7-9-4-2-1-3-8(9)5-6-11-10/h1-2,4-6H,3,7H2,(H,11,12). The van der Waals surface area contributed by atoms with Crippen molar-refractivity contribution in [3.05, 3.63) is 42.0 Å². The van der Waals surface area contributed by atoms with Crippen LogP contribution in [0.5, 0.6) is 0 Å². The Hall–Kier alpha value is -1.31. The van der Waals surface area contributed by atoms with Crippen LogP contribution in [0.2, 0.25) is 0 Å². The summed E-state index contributed by atoms with van der Waals surface area (Å²) >= 11 is 0. The highest BCUT2D eigenvalue weighted by atomic mass is 16.1. The highest BCUT2D eigenvalue weighted by molar-refractivity contribution is 5.81. The first-order valence-electron chi connectivity index (χ1n) is 4.04. The normalized spacial score (nSPS) is 21.8. The van der Waals surface area contributed by atoms with Gasteiger partial charge in [0.2, 0.25) is 5.91 Å². The van der Waals surface area contributed by atoms with E-state index in [0.29, 0.717) is 6.42 Å². The second kappa shape index (κ2) is 2.97. The van der Waals surface area contributed by atoms with Crippen LogP contribution < -0.4 is 5.32 Å². The number of hydrogen-bond donors (Lipinski definition) is 1. The van der Waals surface area contributed by atoms with Gasteiger partial charge in [-0.3, -0.25) is 4.79 Å². The Morgan fingerprint density at radius 2 is 2.17 bits per heavy atom. The van der Waals surface area contributed by atoms with Gasteiger partial charge in [-0.1, -0.05) is 12.2 Å². The van der Waals surface area contributed by atoms with Crippen LogP contribution >= 0.6 is 0 Å². The van der Waals surface area contributed by atoms with Crippen LogP contribution in [0.3, 0.4) is 0 Å². The number of rotatable bonds is 0. The first kappa shape index (κ1) is 7.35. The van der Waals surface area contributed by atoms with Gasteiger partial charge >= 0.3 is 0 Å². The summed E-state index contributed by atoms with van der Waals surface area (Å²) in [6, 6.07) is 0. The van der Waals surface area contributed by atoms with Crippen LogP contribution in [0.4, 0.5) is 0 Å². The van der Waals surface area contributed by atoms with Crippen molar-refractivity contribution >= 4 is 5.91 Å². The molecule has 0 aromatic rings. The molecule has 0 spiro atoms. The fourth-order valence-electron chi connectivity index (χ4n) is 1.42. The molecule has 0 aromatic carbocycles. The number of nitrogens with one attached hydrogen (secondary N) is 1. The molecule has 0 aromatic heterocycles. The molecule has 2 heteroatoms. The van der Waals surface area contributed by atoms with Crippen molar-refractivity contribution in [2.45, 2.75) is 12.8 Å². The molecule has 2 aliphatic rings. The van der Waals surface area contributed by atoms with Gasteiger partial charge in [0.25, 0.3) is 0 Å². The maximum atomic E-state index is 11.1.